The second kappa shape index (κ2) is 7.94. The van der Waals surface area contributed by atoms with Gasteiger partial charge >= 0.3 is 0 Å². The summed E-state index contributed by atoms with van der Waals surface area (Å²) in [5.74, 6) is -0.720. The van der Waals surface area contributed by atoms with Crippen molar-refractivity contribution in [2.24, 2.45) is 0 Å². The second-order valence-electron chi connectivity index (χ2n) is 7.73. The molecule has 156 valence electrons. The number of nitrogens with zero attached hydrogens (tertiary/aromatic N) is 1. The van der Waals surface area contributed by atoms with Gasteiger partial charge in [-0.25, -0.2) is 4.98 Å². The number of amides is 1. The highest BCUT2D eigenvalue weighted by Crippen LogP contribution is 2.44. The number of carbonyl (C=O) groups excluding carboxylic acids is 2. The van der Waals surface area contributed by atoms with E-state index in [9.17, 15) is 9.59 Å². The fraction of sp³-hybridized carbons (Fsp3) is 0.208. The first-order chi connectivity index (χ1) is 15.0. The molecule has 7 heteroatoms. The Balaban J connectivity index is 1.58. The van der Waals surface area contributed by atoms with E-state index in [1.54, 1.807) is 6.07 Å². The van der Waals surface area contributed by atoms with Gasteiger partial charge in [-0.05, 0) is 43.5 Å². The Kier molecular flexibility index (Phi) is 5.12. The number of nitrogens with one attached hydrogen (secondary N) is 2. The highest BCUT2D eigenvalue weighted by atomic mass is 35.5. The Bertz CT molecular complexity index is 1260. The molecule has 1 amide bonds. The van der Waals surface area contributed by atoms with Crippen LogP contribution in [0.1, 0.15) is 37.7 Å². The Morgan fingerprint density at radius 1 is 1.16 bits per heavy atom. The number of para-hydroxylation sites is 1. The van der Waals surface area contributed by atoms with Gasteiger partial charge < -0.3 is 5.32 Å². The maximum atomic E-state index is 13.5. The van der Waals surface area contributed by atoms with Crippen molar-refractivity contribution < 1.29 is 9.59 Å². The monoisotopic (exact) mass is 449 g/mol. The topological polar surface area (TPSA) is 71.1 Å². The second-order valence-corrected chi connectivity index (χ2v) is 9.17. The predicted octanol–water partition coefficient (Wildman–Crippen LogP) is 5.56. The van der Waals surface area contributed by atoms with Gasteiger partial charge in [-0.2, -0.15) is 0 Å². The van der Waals surface area contributed by atoms with Crippen LogP contribution in [0.2, 0.25) is 5.02 Å². The molecule has 31 heavy (non-hydrogen) atoms. The first-order valence-electron chi connectivity index (χ1n) is 10.2. The molecule has 1 atom stereocenters. The number of halogens is 1. The van der Waals surface area contributed by atoms with Crippen LogP contribution in [0.5, 0.6) is 0 Å². The number of aromatic nitrogens is 1. The summed E-state index contributed by atoms with van der Waals surface area (Å²) in [5, 5.41) is 7.35. The van der Waals surface area contributed by atoms with E-state index in [0.717, 1.165) is 40.0 Å². The number of thiazole rings is 1. The quantitative estimate of drug-likeness (QED) is 0.549. The minimum absolute atomic E-state index is 0.0662. The molecule has 2 N–H and O–H groups in total. The molecule has 5 nitrogen and oxygen atoms in total. The van der Waals surface area contributed by atoms with E-state index in [-0.39, 0.29) is 11.7 Å². The standard InChI is InChI=1S/C24H20ClN3O2S/c1-13-20(23(30)28-24-27-16-9-4-5-12-19(16)31-24)21(14-7-2-3-8-15(14)25)22-17(26-13)10-6-11-18(22)29/h2-5,7-9,12,21,26H,6,10-11H2,1H3,(H,27,28,30). The lowest BCUT2D eigenvalue weighted by molar-refractivity contribution is -0.116. The maximum Gasteiger partial charge on any atom is 0.256 e. The zero-order valence-electron chi connectivity index (χ0n) is 16.9. The van der Waals surface area contributed by atoms with Gasteiger partial charge in [0.25, 0.3) is 5.91 Å². The van der Waals surface area contributed by atoms with E-state index in [0.29, 0.717) is 27.7 Å². The van der Waals surface area contributed by atoms with Crippen molar-refractivity contribution >= 4 is 50.0 Å². The van der Waals surface area contributed by atoms with E-state index < -0.39 is 5.92 Å². The van der Waals surface area contributed by atoms with Crippen LogP contribution in [0.4, 0.5) is 5.13 Å². The number of benzene rings is 2. The molecule has 1 aliphatic carbocycles. The van der Waals surface area contributed by atoms with Crippen molar-refractivity contribution in [3.63, 3.8) is 0 Å². The Labute approximate surface area is 188 Å². The first-order valence-corrected chi connectivity index (χ1v) is 11.4. The minimum Gasteiger partial charge on any atom is -0.362 e. The summed E-state index contributed by atoms with van der Waals surface area (Å²) in [6.45, 7) is 1.87. The summed E-state index contributed by atoms with van der Waals surface area (Å²) >= 11 is 7.97. The average molecular weight is 450 g/mol. The van der Waals surface area contributed by atoms with E-state index in [4.69, 9.17) is 11.6 Å². The van der Waals surface area contributed by atoms with Crippen LogP contribution in [-0.2, 0) is 9.59 Å². The number of Topliss-reactive ketones (excluding diaryl/α,β-unsaturated/α-hetero) is 1. The SMILES string of the molecule is CC1=C(C(=O)Nc2nc3ccccc3s2)C(c2ccccc2Cl)C2=C(CCCC2=O)N1. The van der Waals surface area contributed by atoms with Gasteiger partial charge in [0.05, 0.1) is 10.2 Å². The fourth-order valence-electron chi connectivity index (χ4n) is 4.39. The number of dihydropyridines is 1. The molecule has 1 aliphatic heterocycles. The molecule has 0 saturated carbocycles. The van der Waals surface area contributed by atoms with E-state index in [2.05, 4.69) is 15.6 Å². The normalized spacial score (nSPS) is 18.8. The van der Waals surface area contributed by atoms with Gasteiger partial charge in [-0.3, -0.25) is 14.9 Å². The van der Waals surface area contributed by atoms with Gasteiger partial charge in [-0.1, -0.05) is 53.3 Å². The van der Waals surface area contributed by atoms with Crippen LogP contribution in [-0.4, -0.2) is 16.7 Å². The third-order valence-electron chi connectivity index (χ3n) is 5.75. The number of carbonyl (C=O) groups is 2. The molecule has 0 spiro atoms. The van der Waals surface area contributed by atoms with E-state index >= 15 is 0 Å². The Hall–Kier alpha value is -2.96. The molecule has 0 fully saturated rings. The number of allylic oxidation sites excluding steroid dienone is 3. The highest BCUT2D eigenvalue weighted by Gasteiger charge is 2.39. The summed E-state index contributed by atoms with van der Waals surface area (Å²) < 4.78 is 1.00. The third-order valence-corrected chi connectivity index (χ3v) is 7.05. The number of hydrogen-bond donors (Lipinski definition) is 2. The zero-order valence-corrected chi connectivity index (χ0v) is 18.4. The molecule has 1 unspecified atom stereocenters. The Morgan fingerprint density at radius 2 is 1.94 bits per heavy atom. The molecule has 2 aliphatic rings. The number of fused-ring (bicyclic) bond motifs is 1. The lowest BCUT2D eigenvalue weighted by Gasteiger charge is -2.34. The van der Waals surface area contributed by atoms with Gasteiger partial charge in [0.2, 0.25) is 0 Å². The lowest BCUT2D eigenvalue weighted by atomic mass is 9.75. The molecule has 0 bridgehead atoms. The van der Waals surface area contributed by atoms with E-state index in [1.807, 2.05) is 49.4 Å². The van der Waals surface area contributed by atoms with Crippen molar-refractivity contribution in [2.45, 2.75) is 32.1 Å². The van der Waals surface area contributed by atoms with Crippen LogP contribution in [0.15, 0.2) is 71.1 Å². The summed E-state index contributed by atoms with van der Waals surface area (Å²) in [6, 6.07) is 15.2. The molecule has 3 aromatic rings. The molecular weight excluding hydrogens is 430 g/mol. The minimum atomic E-state index is -0.507. The van der Waals surface area contributed by atoms with Crippen molar-refractivity contribution in [3.05, 3.63) is 81.7 Å². The summed E-state index contributed by atoms with van der Waals surface area (Å²) in [5.41, 5.74) is 4.39. The molecular formula is C24H20ClN3O2S. The zero-order chi connectivity index (χ0) is 21.5. The van der Waals surface area contributed by atoms with Gasteiger partial charge in [-0.15, -0.1) is 0 Å². The van der Waals surface area contributed by atoms with Gasteiger partial charge in [0, 0.05) is 39.9 Å². The van der Waals surface area contributed by atoms with Gasteiger partial charge in [0.1, 0.15) is 0 Å². The molecule has 5 rings (SSSR count). The molecule has 0 saturated heterocycles. The van der Waals surface area contributed by atoms with Gasteiger partial charge in [0.15, 0.2) is 10.9 Å². The summed E-state index contributed by atoms with van der Waals surface area (Å²) in [6.07, 6.45) is 2.07. The smallest absolute Gasteiger partial charge is 0.256 e. The number of ketones is 1. The maximum absolute atomic E-state index is 13.5. The van der Waals surface area contributed by atoms with Crippen LogP contribution in [0.25, 0.3) is 10.2 Å². The molecule has 1 aromatic heterocycles. The fourth-order valence-corrected chi connectivity index (χ4v) is 5.50. The molecule has 2 heterocycles. The predicted molar refractivity (Wildman–Crippen MR) is 124 cm³/mol. The number of anilines is 1. The molecule has 0 radical (unpaired) electrons. The largest absolute Gasteiger partial charge is 0.362 e. The van der Waals surface area contributed by atoms with Crippen molar-refractivity contribution in [1.29, 1.82) is 0 Å². The number of rotatable bonds is 3. The van der Waals surface area contributed by atoms with E-state index in [1.165, 1.54) is 11.3 Å². The summed E-state index contributed by atoms with van der Waals surface area (Å²) in [7, 11) is 0. The average Bonchev–Trinajstić information content (AvgIpc) is 3.15. The van der Waals surface area contributed by atoms with Crippen LogP contribution in [0.3, 0.4) is 0 Å². The first kappa shape index (κ1) is 20.0. The number of hydrogen-bond acceptors (Lipinski definition) is 5. The summed E-state index contributed by atoms with van der Waals surface area (Å²) in [4.78, 5) is 31.0. The van der Waals surface area contributed by atoms with Crippen LogP contribution in [0, 0.1) is 0 Å². The third kappa shape index (κ3) is 3.56. The lowest BCUT2D eigenvalue weighted by Crippen LogP contribution is -2.35. The highest BCUT2D eigenvalue weighted by molar-refractivity contribution is 7.22. The Morgan fingerprint density at radius 3 is 2.74 bits per heavy atom. The van der Waals surface area contributed by atoms with Crippen molar-refractivity contribution in [2.75, 3.05) is 5.32 Å². The van der Waals surface area contributed by atoms with Crippen molar-refractivity contribution in [3.8, 4) is 0 Å². The molecule has 2 aromatic carbocycles. The van der Waals surface area contributed by atoms with Crippen molar-refractivity contribution in [1.82, 2.24) is 10.3 Å². The van der Waals surface area contributed by atoms with Crippen LogP contribution < -0.4 is 10.6 Å². The van der Waals surface area contributed by atoms with Crippen LogP contribution >= 0.6 is 22.9 Å².